The molecule has 2 rings (SSSR count). The highest BCUT2D eigenvalue weighted by Gasteiger charge is 2.28. The van der Waals surface area contributed by atoms with Crippen LogP contribution in [0.4, 0.5) is 5.69 Å². The maximum Gasteiger partial charge on any atom is 0.0801 e. The van der Waals surface area contributed by atoms with Crippen molar-refractivity contribution in [2.75, 3.05) is 24.6 Å². The number of para-hydroxylation sites is 1. The summed E-state index contributed by atoms with van der Waals surface area (Å²) in [5, 5.41) is 0. The highest BCUT2D eigenvalue weighted by Crippen LogP contribution is 2.30. The second kappa shape index (κ2) is 5.29. The molecule has 0 saturated carbocycles. The van der Waals surface area contributed by atoms with Crippen molar-refractivity contribution in [3.05, 3.63) is 29.8 Å². The van der Waals surface area contributed by atoms with Crippen molar-refractivity contribution in [3.8, 4) is 0 Å². The molecular formula is C15H24N2O. The zero-order valence-electron chi connectivity index (χ0n) is 11.6. The Morgan fingerprint density at radius 2 is 2.11 bits per heavy atom. The SMILES string of the molecule is CC[C@H](N)c1ccccc1N1CCOC(C)(C)C1. The molecule has 1 fully saturated rings. The molecular weight excluding hydrogens is 224 g/mol. The Balaban J connectivity index is 2.27. The van der Waals surface area contributed by atoms with Crippen LogP contribution >= 0.6 is 0 Å². The molecule has 100 valence electrons. The molecule has 0 aliphatic carbocycles. The van der Waals surface area contributed by atoms with E-state index in [1.807, 2.05) is 0 Å². The average molecular weight is 248 g/mol. The summed E-state index contributed by atoms with van der Waals surface area (Å²) in [7, 11) is 0. The largest absolute Gasteiger partial charge is 0.372 e. The van der Waals surface area contributed by atoms with Crippen LogP contribution in [0.2, 0.25) is 0 Å². The Morgan fingerprint density at radius 3 is 2.78 bits per heavy atom. The smallest absolute Gasteiger partial charge is 0.0801 e. The van der Waals surface area contributed by atoms with Crippen LogP contribution in [0.5, 0.6) is 0 Å². The van der Waals surface area contributed by atoms with E-state index in [2.05, 4.69) is 49.9 Å². The number of nitrogens with two attached hydrogens (primary N) is 1. The lowest BCUT2D eigenvalue weighted by molar-refractivity contribution is -0.0277. The van der Waals surface area contributed by atoms with E-state index in [0.29, 0.717) is 0 Å². The van der Waals surface area contributed by atoms with Crippen molar-refractivity contribution in [2.24, 2.45) is 5.73 Å². The molecule has 1 saturated heterocycles. The molecule has 1 aliphatic heterocycles. The fraction of sp³-hybridized carbons (Fsp3) is 0.600. The van der Waals surface area contributed by atoms with Gasteiger partial charge in [-0.05, 0) is 31.9 Å². The predicted octanol–water partition coefficient (Wildman–Crippen LogP) is 2.71. The van der Waals surface area contributed by atoms with Crippen LogP contribution in [-0.4, -0.2) is 25.3 Å². The van der Waals surface area contributed by atoms with Gasteiger partial charge >= 0.3 is 0 Å². The maximum absolute atomic E-state index is 6.21. The van der Waals surface area contributed by atoms with Crippen LogP contribution in [0.3, 0.4) is 0 Å². The lowest BCUT2D eigenvalue weighted by atomic mass is 10.0. The van der Waals surface area contributed by atoms with Gasteiger partial charge in [-0.3, -0.25) is 0 Å². The van der Waals surface area contributed by atoms with Gasteiger partial charge in [0, 0.05) is 24.8 Å². The first-order valence-electron chi connectivity index (χ1n) is 6.77. The molecule has 3 heteroatoms. The first-order valence-corrected chi connectivity index (χ1v) is 6.77. The van der Waals surface area contributed by atoms with Gasteiger partial charge < -0.3 is 15.4 Å². The first kappa shape index (κ1) is 13.4. The summed E-state index contributed by atoms with van der Waals surface area (Å²) in [5.74, 6) is 0. The second-order valence-corrected chi connectivity index (χ2v) is 5.60. The maximum atomic E-state index is 6.21. The van der Waals surface area contributed by atoms with Crippen molar-refractivity contribution < 1.29 is 4.74 Å². The van der Waals surface area contributed by atoms with Gasteiger partial charge in [0.1, 0.15) is 0 Å². The van der Waals surface area contributed by atoms with Crippen molar-refractivity contribution in [3.63, 3.8) is 0 Å². The zero-order valence-corrected chi connectivity index (χ0v) is 11.6. The Hall–Kier alpha value is -1.06. The molecule has 0 bridgehead atoms. The second-order valence-electron chi connectivity index (χ2n) is 5.60. The third-order valence-corrected chi connectivity index (χ3v) is 3.54. The minimum Gasteiger partial charge on any atom is -0.372 e. The molecule has 1 aromatic rings. The number of nitrogens with zero attached hydrogens (tertiary/aromatic N) is 1. The monoisotopic (exact) mass is 248 g/mol. The highest BCUT2D eigenvalue weighted by molar-refractivity contribution is 5.55. The standard InChI is InChI=1S/C15H24N2O/c1-4-13(16)12-7-5-6-8-14(12)17-9-10-18-15(2,3)11-17/h5-8,13H,4,9-11,16H2,1-3H3/t13-/m0/s1. The molecule has 1 heterocycles. The van der Waals surface area contributed by atoms with Crippen LogP contribution < -0.4 is 10.6 Å². The van der Waals surface area contributed by atoms with Gasteiger partial charge in [0.05, 0.1) is 12.2 Å². The van der Waals surface area contributed by atoms with Crippen LogP contribution in [-0.2, 0) is 4.74 Å². The molecule has 0 radical (unpaired) electrons. The Labute approximate surface area is 110 Å². The van der Waals surface area contributed by atoms with Crippen LogP contribution in [0.25, 0.3) is 0 Å². The summed E-state index contributed by atoms with van der Waals surface area (Å²) in [6.07, 6.45) is 0.963. The normalized spacial score (nSPS) is 20.8. The van der Waals surface area contributed by atoms with E-state index in [0.717, 1.165) is 26.1 Å². The lowest BCUT2D eigenvalue weighted by Crippen LogP contribution is -2.48. The number of hydrogen-bond donors (Lipinski definition) is 1. The molecule has 0 aromatic heterocycles. The Morgan fingerprint density at radius 1 is 1.39 bits per heavy atom. The minimum absolute atomic E-state index is 0.0817. The van der Waals surface area contributed by atoms with Crippen LogP contribution in [0.1, 0.15) is 38.8 Å². The zero-order chi connectivity index (χ0) is 13.2. The number of hydrogen-bond acceptors (Lipinski definition) is 3. The molecule has 1 atom stereocenters. The summed E-state index contributed by atoms with van der Waals surface area (Å²) in [6, 6.07) is 8.59. The van der Waals surface area contributed by atoms with E-state index < -0.39 is 0 Å². The molecule has 0 spiro atoms. The Kier molecular flexibility index (Phi) is 3.93. The molecule has 18 heavy (non-hydrogen) atoms. The van der Waals surface area contributed by atoms with Gasteiger partial charge in [-0.15, -0.1) is 0 Å². The van der Waals surface area contributed by atoms with Gasteiger partial charge in [-0.2, -0.15) is 0 Å². The fourth-order valence-corrected chi connectivity index (χ4v) is 2.53. The van der Waals surface area contributed by atoms with Crippen molar-refractivity contribution in [2.45, 2.75) is 38.8 Å². The molecule has 1 aromatic carbocycles. The summed E-state index contributed by atoms with van der Waals surface area (Å²) >= 11 is 0. The molecule has 1 aliphatic rings. The number of morpholine rings is 1. The fourth-order valence-electron chi connectivity index (χ4n) is 2.53. The van der Waals surface area contributed by atoms with Gasteiger partial charge in [0.2, 0.25) is 0 Å². The van der Waals surface area contributed by atoms with E-state index in [1.165, 1.54) is 11.3 Å². The number of ether oxygens (including phenoxy) is 1. The van der Waals surface area contributed by atoms with Gasteiger partial charge in [-0.1, -0.05) is 25.1 Å². The van der Waals surface area contributed by atoms with Crippen molar-refractivity contribution in [1.29, 1.82) is 0 Å². The topological polar surface area (TPSA) is 38.5 Å². The van der Waals surface area contributed by atoms with E-state index in [4.69, 9.17) is 10.5 Å². The molecule has 2 N–H and O–H groups in total. The lowest BCUT2D eigenvalue weighted by Gasteiger charge is -2.40. The van der Waals surface area contributed by atoms with E-state index >= 15 is 0 Å². The number of benzene rings is 1. The third-order valence-electron chi connectivity index (χ3n) is 3.54. The van der Waals surface area contributed by atoms with Crippen LogP contribution in [0.15, 0.2) is 24.3 Å². The van der Waals surface area contributed by atoms with E-state index in [9.17, 15) is 0 Å². The molecule has 0 unspecified atom stereocenters. The van der Waals surface area contributed by atoms with Gasteiger partial charge in [0.15, 0.2) is 0 Å². The first-order chi connectivity index (χ1) is 8.53. The molecule has 3 nitrogen and oxygen atoms in total. The van der Waals surface area contributed by atoms with E-state index in [-0.39, 0.29) is 11.6 Å². The van der Waals surface area contributed by atoms with Crippen molar-refractivity contribution in [1.82, 2.24) is 0 Å². The van der Waals surface area contributed by atoms with Crippen LogP contribution in [0, 0.1) is 0 Å². The van der Waals surface area contributed by atoms with E-state index in [1.54, 1.807) is 0 Å². The van der Waals surface area contributed by atoms with Crippen molar-refractivity contribution >= 4 is 5.69 Å². The molecule has 0 amide bonds. The summed E-state index contributed by atoms with van der Waals surface area (Å²) < 4.78 is 5.77. The number of anilines is 1. The average Bonchev–Trinajstić information content (AvgIpc) is 2.36. The predicted molar refractivity (Wildman–Crippen MR) is 75.9 cm³/mol. The summed E-state index contributed by atoms with van der Waals surface area (Å²) in [4.78, 5) is 2.40. The minimum atomic E-state index is -0.0817. The number of rotatable bonds is 3. The van der Waals surface area contributed by atoms with Gasteiger partial charge in [-0.25, -0.2) is 0 Å². The third kappa shape index (κ3) is 2.85. The summed E-state index contributed by atoms with van der Waals surface area (Å²) in [5.41, 5.74) is 8.64. The highest BCUT2D eigenvalue weighted by atomic mass is 16.5. The Bertz CT molecular complexity index is 403. The van der Waals surface area contributed by atoms with Gasteiger partial charge in [0.25, 0.3) is 0 Å². The summed E-state index contributed by atoms with van der Waals surface area (Å²) in [6.45, 7) is 9.05. The quantitative estimate of drug-likeness (QED) is 0.894.